The Kier molecular flexibility index (Phi) is 2.29. The van der Waals surface area contributed by atoms with Gasteiger partial charge in [-0.2, -0.15) is 0 Å². The van der Waals surface area contributed by atoms with Gasteiger partial charge in [-0.05, 0) is 57.5 Å². The molecule has 0 radical (unpaired) electrons. The van der Waals surface area contributed by atoms with E-state index in [1.54, 1.807) is 0 Å². The van der Waals surface area contributed by atoms with E-state index in [4.69, 9.17) is 0 Å². The molecule has 2 aliphatic heterocycles. The molecular weight excluding hydrogens is 174 g/mol. The molecule has 14 heavy (non-hydrogen) atoms. The largest absolute Gasteiger partial charge is 0.393 e. The van der Waals surface area contributed by atoms with Crippen LogP contribution in [-0.4, -0.2) is 35.2 Å². The Hall–Kier alpha value is -0.0800. The highest BCUT2D eigenvalue weighted by Gasteiger charge is 2.44. The molecule has 0 aromatic carbocycles. The highest BCUT2D eigenvalue weighted by molar-refractivity contribution is 4.98. The summed E-state index contributed by atoms with van der Waals surface area (Å²) in [5.74, 6) is 1.53. The second-order valence-corrected chi connectivity index (χ2v) is 5.38. The molecule has 1 saturated carbocycles. The third kappa shape index (κ3) is 1.31. The Morgan fingerprint density at radius 1 is 0.929 bits per heavy atom. The van der Waals surface area contributed by atoms with Gasteiger partial charge in [0.15, 0.2) is 0 Å². The van der Waals surface area contributed by atoms with Crippen LogP contribution in [0, 0.1) is 11.8 Å². The first-order valence-electron chi connectivity index (χ1n) is 6.28. The Bertz CT molecular complexity index is 210. The number of nitrogens with zero attached hydrogens (tertiary/aromatic N) is 1. The lowest BCUT2D eigenvalue weighted by molar-refractivity contribution is -0.0738. The van der Waals surface area contributed by atoms with Crippen molar-refractivity contribution in [2.75, 3.05) is 13.1 Å². The maximum atomic E-state index is 10.0. The molecule has 1 aliphatic carbocycles. The van der Waals surface area contributed by atoms with Gasteiger partial charge in [-0.3, -0.25) is 4.90 Å². The number of hydrogen-bond donors (Lipinski definition) is 1. The average Bonchev–Trinajstić information content (AvgIpc) is 2.24. The summed E-state index contributed by atoms with van der Waals surface area (Å²) in [6.07, 6.45) is 7.76. The van der Waals surface area contributed by atoms with Crippen molar-refractivity contribution < 1.29 is 5.11 Å². The fourth-order valence-corrected chi connectivity index (χ4v) is 4.09. The molecule has 0 unspecified atom stereocenters. The second kappa shape index (κ2) is 3.49. The first kappa shape index (κ1) is 9.17. The SMILES string of the molecule is O[C@H]1CC[C@H]2CCCN3CCC[C@@H]1[C@@H]23. The van der Waals surface area contributed by atoms with Gasteiger partial charge in [0.1, 0.15) is 0 Å². The van der Waals surface area contributed by atoms with E-state index in [9.17, 15) is 5.11 Å². The van der Waals surface area contributed by atoms with Crippen LogP contribution in [0.25, 0.3) is 0 Å². The Morgan fingerprint density at radius 2 is 1.71 bits per heavy atom. The van der Waals surface area contributed by atoms with E-state index in [0.29, 0.717) is 5.92 Å². The molecule has 2 nitrogen and oxygen atoms in total. The van der Waals surface area contributed by atoms with Crippen molar-refractivity contribution in [3.63, 3.8) is 0 Å². The highest BCUT2D eigenvalue weighted by Crippen LogP contribution is 2.43. The molecule has 0 aromatic heterocycles. The van der Waals surface area contributed by atoms with Gasteiger partial charge in [0.2, 0.25) is 0 Å². The minimum atomic E-state index is 0.0112. The van der Waals surface area contributed by atoms with Crippen LogP contribution in [0.2, 0.25) is 0 Å². The minimum absolute atomic E-state index is 0.0112. The van der Waals surface area contributed by atoms with Gasteiger partial charge >= 0.3 is 0 Å². The van der Waals surface area contributed by atoms with Crippen LogP contribution in [0.3, 0.4) is 0 Å². The summed E-state index contributed by atoms with van der Waals surface area (Å²) in [7, 11) is 0. The lowest BCUT2D eigenvalue weighted by Crippen LogP contribution is -2.57. The zero-order valence-electron chi connectivity index (χ0n) is 8.86. The van der Waals surface area contributed by atoms with Crippen molar-refractivity contribution in [3.05, 3.63) is 0 Å². The summed E-state index contributed by atoms with van der Waals surface area (Å²) in [4.78, 5) is 2.67. The summed E-state index contributed by atoms with van der Waals surface area (Å²) in [5, 5.41) is 10.0. The minimum Gasteiger partial charge on any atom is -0.393 e. The quantitative estimate of drug-likeness (QED) is 0.635. The maximum absolute atomic E-state index is 10.0. The summed E-state index contributed by atoms with van der Waals surface area (Å²) < 4.78 is 0. The van der Waals surface area contributed by atoms with Gasteiger partial charge < -0.3 is 5.11 Å². The Labute approximate surface area is 86.3 Å². The van der Waals surface area contributed by atoms with Crippen molar-refractivity contribution in [2.45, 2.75) is 50.7 Å². The number of rotatable bonds is 0. The number of hydrogen-bond acceptors (Lipinski definition) is 2. The maximum Gasteiger partial charge on any atom is 0.0583 e. The molecule has 2 heteroatoms. The molecule has 80 valence electrons. The van der Waals surface area contributed by atoms with Gasteiger partial charge in [0.05, 0.1) is 6.10 Å². The van der Waals surface area contributed by atoms with Crippen LogP contribution >= 0.6 is 0 Å². The molecule has 4 atom stereocenters. The van der Waals surface area contributed by atoms with Gasteiger partial charge in [-0.25, -0.2) is 0 Å². The van der Waals surface area contributed by atoms with E-state index in [1.807, 2.05) is 0 Å². The lowest BCUT2D eigenvalue weighted by Gasteiger charge is -2.53. The second-order valence-electron chi connectivity index (χ2n) is 5.38. The molecule has 2 heterocycles. The number of piperidine rings is 2. The van der Waals surface area contributed by atoms with Crippen molar-refractivity contribution >= 4 is 0 Å². The van der Waals surface area contributed by atoms with Crippen LogP contribution in [0.4, 0.5) is 0 Å². The van der Waals surface area contributed by atoms with E-state index in [-0.39, 0.29) is 6.10 Å². The first-order chi connectivity index (χ1) is 6.86. The lowest BCUT2D eigenvalue weighted by atomic mass is 9.67. The molecule has 0 bridgehead atoms. The molecule has 0 amide bonds. The van der Waals surface area contributed by atoms with E-state index in [1.165, 1.54) is 45.2 Å². The summed E-state index contributed by atoms with van der Waals surface area (Å²) >= 11 is 0. The van der Waals surface area contributed by atoms with E-state index in [2.05, 4.69) is 4.90 Å². The normalized spacial score (nSPS) is 48.6. The average molecular weight is 195 g/mol. The monoisotopic (exact) mass is 195 g/mol. The fraction of sp³-hybridized carbons (Fsp3) is 1.00. The zero-order chi connectivity index (χ0) is 9.54. The van der Waals surface area contributed by atoms with Gasteiger partial charge in [0.25, 0.3) is 0 Å². The molecule has 2 saturated heterocycles. The number of aliphatic hydroxyl groups is 1. The topological polar surface area (TPSA) is 23.5 Å². The molecule has 3 fully saturated rings. The predicted molar refractivity (Wildman–Crippen MR) is 56.0 cm³/mol. The van der Waals surface area contributed by atoms with Gasteiger partial charge in [-0.1, -0.05) is 0 Å². The molecule has 1 N–H and O–H groups in total. The van der Waals surface area contributed by atoms with Crippen LogP contribution in [0.15, 0.2) is 0 Å². The molecular formula is C12H21NO. The zero-order valence-corrected chi connectivity index (χ0v) is 8.86. The first-order valence-corrected chi connectivity index (χ1v) is 6.28. The van der Waals surface area contributed by atoms with Crippen molar-refractivity contribution in [2.24, 2.45) is 11.8 Å². The Balaban J connectivity index is 1.84. The van der Waals surface area contributed by atoms with Crippen LogP contribution in [-0.2, 0) is 0 Å². The van der Waals surface area contributed by atoms with Gasteiger partial charge in [-0.15, -0.1) is 0 Å². The van der Waals surface area contributed by atoms with Gasteiger partial charge in [0, 0.05) is 12.0 Å². The smallest absolute Gasteiger partial charge is 0.0583 e. The Morgan fingerprint density at radius 3 is 2.57 bits per heavy atom. The summed E-state index contributed by atoms with van der Waals surface area (Å²) in [5.41, 5.74) is 0. The predicted octanol–water partition coefficient (Wildman–Crippen LogP) is 1.63. The highest BCUT2D eigenvalue weighted by atomic mass is 16.3. The van der Waals surface area contributed by atoms with E-state index in [0.717, 1.165) is 18.4 Å². The van der Waals surface area contributed by atoms with Crippen molar-refractivity contribution in [1.82, 2.24) is 4.90 Å². The molecule has 0 spiro atoms. The van der Waals surface area contributed by atoms with Crippen LogP contribution in [0.5, 0.6) is 0 Å². The van der Waals surface area contributed by atoms with Crippen LogP contribution < -0.4 is 0 Å². The van der Waals surface area contributed by atoms with Crippen LogP contribution in [0.1, 0.15) is 38.5 Å². The summed E-state index contributed by atoms with van der Waals surface area (Å²) in [6.45, 7) is 2.59. The number of aliphatic hydroxyl groups excluding tert-OH is 1. The standard InChI is InChI=1S/C12H21NO/c14-11-6-5-9-3-1-7-13-8-2-4-10(11)12(9)13/h9-12,14H,1-8H2/t9-,10+,11+,12-/m1/s1. The van der Waals surface area contributed by atoms with E-state index < -0.39 is 0 Å². The molecule has 0 aromatic rings. The third-order valence-corrected chi connectivity index (χ3v) is 4.67. The van der Waals surface area contributed by atoms with Crippen molar-refractivity contribution in [3.8, 4) is 0 Å². The van der Waals surface area contributed by atoms with Crippen molar-refractivity contribution in [1.29, 1.82) is 0 Å². The fourth-order valence-electron chi connectivity index (χ4n) is 4.09. The third-order valence-electron chi connectivity index (χ3n) is 4.67. The molecule has 3 aliphatic rings. The van der Waals surface area contributed by atoms with E-state index >= 15 is 0 Å². The summed E-state index contributed by atoms with van der Waals surface area (Å²) in [6, 6.07) is 0.751. The molecule has 3 rings (SSSR count).